The minimum atomic E-state index is 0.0543. The van der Waals surface area contributed by atoms with Crippen LogP contribution in [0.1, 0.15) is 29.0 Å². The summed E-state index contributed by atoms with van der Waals surface area (Å²) in [5, 5.41) is 0. The molecule has 1 amide bonds. The van der Waals surface area contributed by atoms with E-state index in [1.54, 1.807) is 13.4 Å². The van der Waals surface area contributed by atoms with Gasteiger partial charge in [0.15, 0.2) is 0 Å². The minimum absolute atomic E-state index is 0.0543. The number of furan rings is 1. The summed E-state index contributed by atoms with van der Waals surface area (Å²) in [6.07, 6.45) is 3.70. The second-order valence-electron chi connectivity index (χ2n) is 6.43. The summed E-state index contributed by atoms with van der Waals surface area (Å²) in [6, 6.07) is 11.4. The van der Waals surface area contributed by atoms with Gasteiger partial charge in [0.05, 0.1) is 40.1 Å². The van der Waals surface area contributed by atoms with Crippen LogP contribution in [-0.2, 0) is 6.54 Å². The summed E-state index contributed by atoms with van der Waals surface area (Å²) >= 11 is 0. The molecule has 0 spiro atoms. The molecule has 3 rings (SSSR count). The highest BCUT2D eigenvalue weighted by Crippen LogP contribution is 2.20. The van der Waals surface area contributed by atoms with E-state index in [-0.39, 0.29) is 11.9 Å². The lowest BCUT2D eigenvalue weighted by Crippen LogP contribution is -3.10. The summed E-state index contributed by atoms with van der Waals surface area (Å²) in [5.41, 5.74) is 0.689. The lowest BCUT2D eigenvalue weighted by molar-refractivity contribution is -0.885. The molecule has 128 valence electrons. The number of benzene rings is 1. The van der Waals surface area contributed by atoms with Crippen LogP contribution in [0.4, 0.5) is 0 Å². The minimum Gasteiger partial charge on any atom is -0.497 e. The normalized spacial score (nSPS) is 20.6. The molecule has 1 aromatic carbocycles. The van der Waals surface area contributed by atoms with Gasteiger partial charge in [-0.15, -0.1) is 0 Å². The standard InChI is InChI=1S/C19H24N2O3/c1-20-11-9-16(10-12-20)21(14-18-4-3-13-24-18)19(22)15-5-7-17(23-2)8-6-15/h3-8,13,16H,9-12,14H2,1-2H3/p+1. The fraction of sp³-hybridized carbons (Fsp3) is 0.421. The third kappa shape index (κ3) is 3.79. The molecule has 0 atom stereocenters. The van der Waals surface area contributed by atoms with E-state index in [0.717, 1.165) is 37.4 Å². The van der Waals surface area contributed by atoms with Gasteiger partial charge in [-0.25, -0.2) is 0 Å². The van der Waals surface area contributed by atoms with Gasteiger partial charge in [0.1, 0.15) is 11.5 Å². The third-order valence-corrected chi connectivity index (χ3v) is 4.75. The van der Waals surface area contributed by atoms with Gasteiger partial charge in [-0.1, -0.05) is 0 Å². The molecular weight excluding hydrogens is 304 g/mol. The van der Waals surface area contributed by atoms with Crippen molar-refractivity contribution in [1.29, 1.82) is 0 Å². The molecule has 1 aliphatic heterocycles. The average molecular weight is 329 g/mol. The highest BCUT2D eigenvalue weighted by molar-refractivity contribution is 5.94. The van der Waals surface area contributed by atoms with E-state index < -0.39 is 0 Å². The predicted molar refractivity (Wildman–Crippen MR) is 91.2 cm³/mol. The Labute approximate surface area is 142 Å². The Hall–Kier alpha value is -2.27. The smallest absolute Gasteiger partial charge is 0.254 e. The Morgan fingerprint density at radius 3 is 2.54 bits per heavy atom. The van der Waals surface area contributed by atoms with Crippen LogP contribution in [-0.4, -0.2) is 44.1 Å². The third-order valence-electron chi connectivity index (χ3n) is 4.75. The van der Waals surface area contributed by atoms with Gasteiger partial charge < -0.3 is 19.0 Å². The lowest BCUT2D eigenvalue weighted by atomic mass is 10.0. The molecule has 0 radical (unpaired) electrons. The molecule has 24 heavy (non-hydrogen) atoms. The molecule has 5 heteroatoms. The Morgan fingerprint density at radius 1 is 1.25 bits per heavy atom. The van der Waals surface area contributed by atoms with Crippen LogP contribution in [0.5, 0.6) is 5.75 Å². The number of ether oxygens (including phenoxy) is 1. The van der Waals surface area contributed by atoms with E-state index >= 15 is 0 Å². The van der Waals surface area contributed by atoms with E-state index in [1.165, 1.54) is 4.90 Å². The van der Waals surface area contributed by atoms with E-state index in [4.69, 9.17) is 9.15 Å². The molecular formula is C19H25N2O3+. The largest absolute Gasteiger partial charge is 0.497 e. The van der Waals surface area contributed by atoms with E-state index in [9.17, 15) is 4.79 Å². The van der Waals surface area contributed by atoms with Crippen molar-refractivity contribution in [2.24, 2.45) is 0 Å². The summed E-state index contributed by atoms with van der Waals surface area (Å²) in [5.74, 6) is 1.63. The number of methoxy groups -OCH3 is 1. The fourth-order valence-corrected chi connectivity index (χ4v) is 3.24. The maximum Gasteiger partial charge on any atom is 0.254 e. The molecule has 1 N–H and O–H groups in total. The number of hydrogen-bond donors (Lipinski definition) is 1. The summed E-state index contributed by atoms with van der Waals surface area (Å²) in [4.78, 5) is 16.6. The van der Waals surface area contributed by atoms with Crippen LogP contribution >= 0.6 is 0 Å². The number of hydrogen-bond acceptors (Lipinski definition) is 3. The monoisotopic (exact) mass is 329 g/mol. The van der Waals surface area contributed by atoms with Crippen molar-refractivity contribution in [3.05, 3.63) is 54.0 Å². The number of nitrogens with zero attached hydrogens (tertiary/aromatic N) is 1. The van der Waals surface area contributed by atoms with Crippen molar-refractivity contribution in [3.8, 4) is 5.75 Å². The van der Waals surface area contributed by atoms with Crippen molar-refractivity contribution in [2.75, 3.05) is 27.2 Å². The molecule has 0 unspecified atom stereocenters. The number of amides is 1. The first kappa shape index (κ1) is 16.6. The number of carbonyl (C=O) groups excluding carboxylic acids is 1. The van der Waals surface area contributed by atoms with Crippen molar-refractivity contribution in [1.82, 2.24) is 4.90 Å². The van der Waals surface area contributed by atoms with E-state index in [0.29, 0.717) is 12.1 Å². The highest BCUT2D eigenvalue weighted by Gasteiger charge is 2.30. The van der Waals surface area contributed by atoms with Crippen LogP contribution in [0.3, 0.4) is 0 Å². The topological polar surface area (TPSA) is 47.1 Å². The van der Waals surface area contributed by atoms with Gasteiger partial charge in [0.25, 0.3) is 5.91 Å². The molecule has 1 aliphatic rings. The average Bonchev–Trinajstić information content (AvgIpc) is 3.13. The molecule has 5 nitrogen and oxygen atoms in total. The number of piperidine rings is 1. The Kier molecular flexibility index (Phi) is 5.20. The van der Waals surface area contributed by atoms with Crippen molar-refractivity contribution in [2.45, 2.75) is 25.4 Å². The Balaban J connectivity index is 1.80. The Bertz CT molecular complexity index is 644. The van der Waals surface area contributed by atoms with E-state index in [1.807, 2.05) is 41.3 Å². The second kappa shape index (κ2) is 7.53. The van der Waals surface area contributed by atoms with Crippen LogP contribution in [0.25, 0.3) is 0 Å². The lowest BCUT2D eigenvalue weighted by Gasteiger charge is -2.35. The van der Waals surface area contributed by atoms with Crippen molar-refractivity contribution < 1.29 is 18.8 Å². The zero-order valence-corrected chi connectivity index (χ0v) is 14.3. The zero-order chi connectivity index (χ0) is 16.9. The summed E-state index contributed by atoms with van der Waals surface area (Å²) < 4.78 is 10.7. The maximum atomic E-state index is 13.1. The van der Waals surface area contributed by atoms with Gasteiger partial charge in [0.2, 0.25) is 0 Å². The van der Waals surface area contributed by atoms with Gasteiger partial charge in [-0.2, -0.15) is 0 Å². The van der Waals surface area contributed by atoms with Gasteiger partial charge >= 0.3 is 0 Å². The maximum absolute atomic E-state index is 13.1. The van der Waals surface area contributed by atoms with E-state index in [2.05, 4.69) is 7.05 Å². The van der Waals surface area contributed by atoms with Crippen LogP contribution in [0.2, 0.25) is 0 Å². The molecule has 1 aromatic heterocycles. The van der Waals surface area contributed by atoms with Gasteiger partial charge in [0, 0.05) is 24.4 Å². The quantitative estimate of drug-likeness (QED) is 0.906. The predicted octanol–water partition coefficient (Wildman–Crippen LogP) is 1.61. The first-order chi connectivity index (χ1) is 11.7. The summed E-state index contributed by atoms with van der Waals surface area (Å²) in [6.45, 7) is 2.70. The van der Waals surface area contributed by atoms with Gasteiger partial charge in [-0.3, -0.25) is 4.79 Å². The van der Waals surface area contributed by atoms with Crippen LogP contribution < -0.4 is 9.64 Å². The number of carbonyl (C=O) groups is 1. The Morgan fingerprint density at radius 2 is 1.96 bits per heavy atom. The molecule has 1 saturated heterocycles. The first-order valence-electron chi connectivity index (χ1n) is 8.46. The SMILES string of the molecule is COc1ccc(C(=O)N(Cc2ccco2)C2CC[NH+](C)CC2)cc1. The van der Waals surface area contributed by atoms with Crippen LogP contribution in [0, 0.1) is 0 Å². The molecule has 0 bridgehead atoms. The molecule has 1 fully saturated rings. The van der Waals surface area contributed by atoms with Gasteiger partial charge in [-0.05, 0) is 36.4 Å². The zero-order valence-electron chi connectivity index (χ0n) is 14.3. The van der Waals surface area contributed by atoms with Crippen LogP contribution in [0.15, 0.2) is 47.1 Å². The number of likely N-dealkylation sites (tertiary alicyclic amines) is 1. The van der Waals surface area contributed by atoms with Crippen molar-refractivity contribution >= 4 is 5.91 Å². The molecule has 0 saturated carbocycles. The second-order valence-corrected chi connectivity index (χ2v) is 6.43. The summed E-state index contributed by atoms with van der Waals surface area (Å²) in [7, 11) is 3.83. The number of rotatable bonds is 5. The first-order valence-corrected chi connectivity index (χ1v) is 8.46. The fourth-order valence-electron chi connectivity index (χ4n) is 3.24. The molecule has 2 aromatic rings. The number of quaternary nitrogens is 1. The highest BCUT2D eigenvalue weighted by atomic mass is 16.5. The molecule has 0 aliphatic carbocycles. The van der Waals surface area contributed by atoms with Crippen molar-refractivity contribution in [3.63, 3.8) is 0 Å². The number of nitrogens with one attached hydrogen (secondary N) is 1. The molecule has 2 heterocycles.